The highest BCUT2D eigenvalue weighted by atomic mass is 32.1. The second kappa shape index (κ2) is 8.32. The van der Waals surface area contributed by atoms with Crippen molar-refractivity contribution in [2.45, 2.75) is 39.2 Å². The lowest BCUT2D eigenvalue weighted by molar-refractivity contribution is 0.0614. The molecule has 2 aromatic heterocycles. The summed E-state index contributed by atoms with van der Waals surface area (Å²) in [7, 11) is 0. The molecular weight excluding hydrogens is 396 g/mol. The van der Waals surface area contributed by atoms with E-state index in [1.165, 1.54) is 23.3 Å². The Kier molecular flexibility index (Phi) is 5.39. The third kappa shape index (κ3) is 3.79. The maximum Gasteiger partial charge on any atom is 0.255 e. The van der Waals surface area contributed by atoms with E-state index in [1.54, 1.807) is 11.3 Å². The van der Waals surface area contributed by atoms with Gasteiger partial charge >= 0.3 is 0 Å². The second-order valence-electron chi connectivity index (χ2n) is 8.15. The van der Waals surface area contributed by atoms with Crippen LogP contribution < -0.4 is 0 Å². The van der Waals surface area contributed by atoms with Gasteiger partial charge in [0.25, 0.3) is 5.91 Å². The van der Waals surface area contributed by atoms with Crippen molar-refractivity contribution in [3.8, 4) is 11.4 Å². The minimum Gasteiger partial charge on any atom is -0.338 e. The fraction of sp³-hybridized carbons (Fsp3) is 0.435. The molecule has 0 spiro atoms. The maximum atomic E-state index is 13.1. The predicted octanol–water partition coefficient (Wildman–Crippen LogP) is 3.94. The number of carbonyl (C=O) groups excluding carboxylic acids is 1. The van der Waals surface area contributed by atoms with E-state index in [0.717, 1.165) is 55.7 Å². The Morgan fingerprint density at radius 3 is 2.77 bits per heavy atom. The quantitative estimate of drug-likeness (QED) is 0.637. The van der Waals surface area contributed by atoms with Gasteiger partial charge in [-0.25, -0.2) is 0 Å². The van der Waals surface area contributed by atoms with Crippen LogP contribution in [0.4, 0.5) is 0 Å². The van der Waals surface area contributed by atoms with E-state index < -0.39 is 0 Å². The van der Waals surface area contributed by atoms with Crippen LogP contribution in [0.1, 0.15) is 45.1 Å². The van der Waals surface area contributed by atoms with Crippen molar-refractivity contribution in [3.05, 3.63) is 57.1 Å². The summed E-state index contributed by atoms with van der Waals surface area (Å²) < 4.78 is 5.49. The van der Waals surface area contributed by atoms with Gasteiger partial charge in [-0.15, -0.1) is 11.3 Å². The minimum atomic E-state index is 0.202. The Labute approximate surface area is 180 Å². The van der Waals surface area contributed by atoms with E-state index in [0.29, 0.717) is 18.3 Å². The van der Waals surface area contributed by atoms with Gasteiger partial charge in [0.05, 0.1) is 12.1 Å². The second-order valence-corrected chi connectivity index (χ2v) is 9.12. The zero-order valence-electron chi connectivity index (χ0n) is 17.3. The highest BCUT2D eigenvalue weighted by Crippen LogP contribution is 2.31. The van der Waals surface area contributed by atoms with Crippen molar-refractivity contribution >= 4 is 17.2 Å². The lowest BCUT2D eigenvalue weighted by Crippen LogP contribution is -2.48. The number of hydrogen-bond acceptors (Lipinski definition) is 6. The van der Waals surface area contributed by atoms with Gasteiger partial charge in [0, 0.05) is 42.0 Å². The van der Waals surface area contributed by atoms with E-state index in [4.69, 9.17) is 4.52 Å². The van der Waals surface area contributed by atoms with Crippen LogP contribution in [0.2, 0.25) is 0 Å². The first kappa shape index (κ1) is 19.5. The standard InChI is InChI=1S/C23H26N4O2S/c1-16-6-2-3-7-17(16)22-24-21(29-25-22)14-26-10-12-27(13-11-26)23(28)19-15-30-20-9-5-4-8-18(19)20/h2-3,6-7,15H,4-5,8-14H2,1H3. The molecule has 7 heteroatoms. The van der Waals surface area contributed by atoms with Crippen molar-refractivity contribution in [2.24, 2.45) is 0 Å². The zero-order valence-corrected chi connectivity index (χ0v) is 18.1. The minimum absolute atomic E-state index is 0.202. The summed E-state index contributed by atoms with van der Waals surface area (Å²) in [5.74, 6) is 1.47. The lowest BCUT2D eigenvalue weighted by Gasteiger charge is -2.34. The SMILES string of the molecule is Cc1ccccc1-c1noc(CN2CCN(C(=O)c3csc4c3CCCC4)CC2)n1. The number of hydrogen-bond donors (Lipinski definition) is 0. The zero-order chi connectivity index (χ0) is 20.5. The molecule has 30 heavy (non-hydrogen) atoms. The van der Waals surface area contributed by atoms with E-state index in [9.17, 15) is 4.79 Å². The molecule has 1 aliphatic heterocycles. The number of amides is 1. The first-order chi connectivity index (χ1) is 14.7. The molecule has 5 rings (SSSR count). The molecule has 156 valence electrons. The molecule has 6 nitrogen and oxygen atoms in total. The molecule has 1 saturated heterocycles. The van der Waals surface area contributed by atoms with Crippen LogP contribution in [-0.4, -0.2) is 52.0 Å². The molecule has 0 atom stereocenters. The number of nitrogens with zero attached hydrogens (tertiary/aromatic N) is 4. The first-order valence-electron chi connectivity index (χ1n) is 10.7. The van der Waals surface area contributed by atoms with Crippen molar-refractivity contribution in [2.75, 3.05) is 26.2 Å². The Balaban J connectivity index is 1.19. The summed E-state index contributed by atoms with van der Waals surface area (Å²) in [6.07, 6.45) is 4.64. The van der Waals surface area contributed by atoms with Crippen LogP contribution in [0.15, 0.2) is 34.2 Å². The van der Waals surface area contributed by atoms with Gasteiger partial charge in [-0.3, -0.25) is 9.69 Å². The van der Waals surface area contributed by atoms with Gasteiger partial charge < -0.3 is 9.42 Å². The molecule has 1 amide bonds. The average molecular weight is 423 g/mol. The molecule has 1 fully saturated rings. The van der Waals surface area contributed by atoms with Crippen molar-refractivity contribution in [1.82, 2.24) is 19.9 Å². The van der Waals surface area contributed by atoms with Gasteiger partial charge in [-0.2, -0.15) is 4.98 Å². The smallest absolute Gasteiger partial charge is 0.255 e. The van der Waals surface area contributed by atoms with Crippen molar-refractivity contribution in [3.63, 3.8) is 0 Å². The van der Waals surface area contributed by atoms with Gasteiger partial charge in [0.2, 0.25) is 11.7 Å². The third-order valence-corrected chi connectivity index (χ3v) is 7.25. The number of thiophene rings is 1. The maximum absolute atomic E-state index is 13.1. The van der Waals surface area contributed by atoms with E-state index in [2.05, 4.69) is 20.4 Å². The van der Waals surface area contributed by atoms with E-state index in [1.807, 2.05) is 36.1 Å². The Bertz CT molecular complexity index is 1050. The molecule has 2 aliphatic rings. The summed E-state index contributed by atoms with van der Waals surface area (Å²) in [4.78, 5) is 23.3. The van der Waals surface area contributed by atoms with Crippen LogP contribution in [-0.2, 0) is 19.4 Å². The van der Waals surface area contributed by atoms with E-state index in [-0.39, 0.29) is 5.91 Å². The van der Waals surface area contributed by atoms with Gasteiger partial charge in [0.15, 0.2) is 0 Å². The van der Waals surface area contributed by atoms with Gasteiger partial charge in [-0.05, 0) is 43.7 Å². The molecule has 0 radical (unpaired) electrons. The Morgan fingerprint density at radius 2 is 1.93 bits per heavy atom. The number of carbonyl (C=O) groups is 1. The molecule has 3 heterocycles. The Morgan fingerprint density at radius 1 is 1.13 bits per heavy atom. The molecule has 1 aromatic carbocycles. The number of fused-ring (bicyclic) bond motifs is 1. The predicted molar refractivity (Wildman–Crippen MR) is 117 cm³/mol. The van der Waals surface area contributed by atoms with Crippen molar-refractivity contribution < 1.29 is 9.32 Å². The summed E-state index contributed by atoms with van der Waals surface area (Å²) >= 11 is 1.76. The van der Waals surface area contributed by atoms with Crippen LogP contribution in [0.3, 0.4) is 0 Å². The monoisotopic (exact) mass is 422 g/mol. The van der Waals surface area contributed by atoms with Crippen LogP contribution >= 0.6 is 11.3 Å². The highest BCUT2D eigenvalue weighted by Gasteiger charge is 2.27. The number of benzene rings is 1. The topological polar surface area (TPSA) is 62.5 Å². The number of aryl methyl sites for hydroxylation is 2. The molecule has 0 unspecified atom stereocenters. The number of piperazine rings is 1. The summed E-state index contributed by atoms with van der Waals surface area (Å²) in [6.45, 7) is 5.78. The lowest BCUT2D eigenvalue weighted by atomic mass is 9.95. The summed E-state index contributed by atoms with van der Waals surface area (Å²) in [5, 5.41) is 6.23. The molecule has 0 saturated carbocycles. The van der Waals surface area contributed by atoms with Gasteiger partial charge in [-0.1, -0.05) is 29.4 Å². The number of aromatic nitrogens is 2. The molecule has 0 bridgehead atoms. The Hall–Kier alpha value is -2.51. The van der Waals surface area contributed by atoms with Crippen LogP contribution in [0.25, 0.3) is 11.4 Å². The highest BCUT2D eigenvalue weighted by molar-refractivity contribution is 7.10. The van der Waals surface area contributed by atoms with E-state index >= 15 is 0 Å². The molecule has 3 aromatic rings. The largest absolute Gasteiger partial charge is 0.338 e. The average Bonchev–Trinajstić information content (AvgIpc) is 3.41. The van der Waals surface area contributed by atoms with Crippen LogP contribution in [0, 0.1) is 6.92 Å². The van der Waals surface area contributed by atoms with Crippen LogP contribution in [0.5, 0.6) is 0 Å². The third-order valence-electron chi connectivity index (χ3n) is 6.16. The molecular formula is C23H26N4O2S. The summed E-state index contributed by atoms with van der Waals surface area (Å²) in [6, 6.07) is 8.05. The fourth-order valence-electron chi connectivity index (χ4n) is 4.40. The fourth-order valence-corrected chi connectivity index (χ4v) is 5.52. The van der Waals surface area contributed by atoms with Gasteiger partial charge in [0.1, 0.15) is 0 Å². The first-order valence-corrected chi connectivity index (χ1v) is 11.6. The summed E-state index contributed by atoms with van der Waals surface area (Å²) in [5.41, 5.74) is 4.39. The molecule has 0 N–H and O–H groups in total. The van der Waals surface area contributed by atoms with Crippen molar-refractivity contribution in [1.29, 1.82) is 0 Å². The number of rotatable bonds is 4. The molecule has 1 aliphatic carbocycles. The normalized spacial score (nSPS) is 17.2.